The smallest absolute Gasteiger partial charge is 1.00 e. The first kappa shape index (κ1) is 20.3. The molecule has 1 atom stereocenters. The molecular weight excluding hydrogens is 219 g/mol. The molecule has 7 heteroatoms. The van der Waals surface area contributed by atoms with Gasteiger partial charge in [-0.15, -0.1) is 0 Å². The Balaban J connectivity index is -0.0000000770. The second-order valence-corrected chi connectivity index (χ2v) is 3.77. The maximum Gasteiger partial charge on any atom is 1.00 e. The van der Waals surface area contributed by atoms with E-state index >= 15 is 0 Å². The van der Waals surface area contributed by atoms with E-state index in [2.05, 4.69) is 13.8 Å². The molecular formula is C7H19NaO5S. The molecule has 0 amide bonds. The van der Waals surface area contributed by atoms with Crippen LogP contribution >= 0.6 is 0 Å². The van der Waals surface area contributed by atoms with E-state index in [-0.39, 0.29) is 31.0 Å². The van der Waals surface area contributed by atoms with Crippen molar-refractivity contribution in [1.29, 1.82) is 0 Å². The molecule has 0 aliphatic rings. The predicted octanol–water partition coefficient (Wildman–Crippen LogP) is -1.73. The minimum Gasteiger partial charge on any atom is -1.00 e. The first-order valence-electron chi connectivity index (χ1n) is 4.12. The summed E-state index contributed by atoms with van der Waals surface area (Å²) in [6, 6.07) is 0. The van der Waals surface area contributed by atoms with Crippen molar-refractivity contribution >= 4 is 10.4 Å². The molecule has 0 aromatic heterocycles. The third-order valence-corrected chi connectivity index (χ3v) is 1.36. The molecule has 0 saturated heterocycles. The van der Waals surface area contributed by atoms with Crippen molar-refractivity contribution in [2.45, 2.75) is 33.1 Å². The SMILES string of the molecule is CCCCC(C)CO.O=S(=O)(O)O.[H-].[Na+]. The Labute approximate surface area is 109 Å². The van der Waals surface area contributed by atoms with Gasteiger partial charge < -0.3 is 6.53 Å². The Morgan fingerprint density at radius 3 is 1.93 bits per heavy atom. The monoisotopic (exact) mass is 238 g/mol. The van der Waals surface area contributed by atoms with Crippen LogP contribution in [0.25, 0.3) is 0 Å². The van der Waals surface area contributed by atoms with Gasteiger partial charge in [0.2, 0.25) is 0 Å². The van der Waals surface area contributed by atoms with Crippen LogP contribution in [0.3, 0.4) is 0 Å². The van der Waals surface area contributed by atoms with Gasteiger partial charge in [0.15, 0.2) is 0 Å². The van der Waals surface area contributed by atoms with Crippen molar-refractivity contribution in [3.8, 4) is 0 Å². The molecule has 3 N–H and O–H groups in total. The van der Waals surface area contributed by atoms with E-state index in [0.29, 0.717) is 12.5 Å². The Bertz CT molecular complexity index is 190. The van der Waals surface area contributed by atoms with E-state index in [1.807, 2.05) is 0 Å². The van der Waals surface area contributed by atoms with Gasteiger partial charge in [0.1, 0.15) is 0 Å². The summed E-state index contributed by atoms with van der Waals surface area (Å²) in [5.74, 6) is 0.509. The number of hydrogen-bond donors (Lipinski definition) is 3. The van der Waals surface area contributed by atoms with Gasteiger partial charge in [0.25, 0.3) is 0 Å². The summed E-state index contributed by atoms with van der Waals surface area (Å²) in [5, 5.41) is 8.56. The molecule has 0 aliphatic heterocycles. The molecule has 0 aromatic carbocycles. The number of hydrogen-bond acceptors (Lipinski definition) is 3. The van der Waals surface area contributed by atoms with Crippen LogP contribution in [0.5, 0.6) is 0 Å². The van der Waals surface area contributed by atoms with Crippen molar-refractivity contribution in [2.75, 3.05) is 6.61 Å². The summed E-state index contributed by atoms with van der Waals surface area (Å²) in [5.41, 5.74) is 0. The van der Waals surface area contributed by atoms with Crippen molar-refractivity contribution < 1.29 is 53.6 Å². The molecule has 0 bridgehead atoms. The van der Waals surface area contributed by atoms with E-state index < -0.39 is 10.4 Å². The van der Waals surface area contributed by atoms with E-state index in [0.717, 1.165) is 0 Å². The summed E-state index contributed by atoms with van der Waals surface area (Å²) < 4.78 is 31.6. The molecule has 5 nitrogen and oxygen atoms in total. The molecule has 0 heterocycles. The Kier molecular flexibility index (Phi) is 17.2. The van der Waals surface area contributed by atoms with E-state index in [9.17, 15) is 0 Å². The summed E-state index contributed by atoms with van der Waals surface area (Å²) in [7, 11) is -4.67. The average molecular weight is 238 g/mol. The van der Waals surface area contributed by atoms with Crippen LogP contribution in [0.4, 0.5) is 0 Å². The standard InChI is InChI=1S/C7H16O.Na.H2O4S.H/c1-3-4-5-7(2)6-8;;1-5(2,3)4;/h7-8H,3-6H2,1-2H3;;(H2,1,2,3,4);/q;+1;;-1. The third-order valence-electron chi connectivity index (χ3n) is 1.36. The number of aliphatic hydroxyl groups is 1. The van der Waals surface area contributed by atoms with Crippen molar-refractivity contribution in [3.05, 3.63) is 0 Å². The van der Waals surface area contributed by atoms with Crippen molar-refractivity contribution in [2.24, 2.45) is 5.92 Å². The Hall–Kier alpha value is 0.830. The summed E-state index contributed by atoms with van der Waals surface area (Å²) in [6.07, 6.45) is 3.67. The first-order chi connectivity index (χ1) is 5.81. The maximum absolute atomic E-state index is 8.74. The van der Waals surface area contributed by atoms with Gasteiger partial charge >= 0.3 is 40.0 Å². The van der Waals surface area contributed by atoms with Gasteiger partial charge in [-0.2, -0.15) is 8.42 Å². The zero-order valence-corrected chi connectivity index (χ0v) is 11.8. The Morgan fingerprint density at radius 1 is 1.36 bits per heavy atom. The summed E-state index contributed by atoms with van der Waals surface area (Å²) in [6.45, 7) is 4.60. The normalized spacial score (nSPS) is 12.1. The molecule has 0 fully saturated rings. The molecule has 84 valence electrons. The van der Waals surface area contributed by atoms with Gasteiger partial charge in [-0.1, -0.05) is 26.7 Å². The molecule has 1 unspecified atom stereocenters. The Morgan fingerprint density at radius 2 is 1.71 bits per heavy atom. The molecule has 14 heavy (non-hydrogen) atoms. The second-order valence-electron chi connectivity index (χ2n) is 2.88. The fourth-order valence-corrected chi connectivity index (χ4v) is 0.644. The predicted molar refractivity (Wildman–Crippen MR) is 51.1 cm³/mol. The van der Waals surface area contributed by atoms with Crippen LogP contribution in [-0.4, -0.2) is 29.2 Å². The fourth-order valence-electron chi connectivity index (χ4n) is 0.644. The van der Waals surface area contributed by atoms with Gasteiger partial charge in [-0.3, -0.25) is 9.11 Å². The molecule has 0 spiro atoms. The van der Waals surface area contributed by atoms with Crippen LogP contribution in [0.15, 0.2) is 0 Å². The van der Waals surface area contributed by atoms with Crippen LogP contribution in [0.2, 0.25) is 0 Å². The topological polar surface area (TPSA) is 94.8 Å². The van der Waals surface area contributed by atoms with Crippen LogP contribution in [0, 0.1) is 5.92 Å². The molecule has 0 aromatic rings. The third kappa shape index (κ3) is 38.5. The van der Waals surface area contributed by atoms with Crippen molar-refractivity contribution in [3.63, 3.8) is 0 Å². The largest absolute Gasteiger partial charge is 1.00 e. The van der Waals surface area contributed by atoms with Gasteiger partial charge in [0.05, 0.1) is 0 Å². The van der Waals surface area contributed by atoms with Crippen molar-refractivity contribution in [1.82, 2.24) is 0 Å². The molecule has 0 radical (unpaired) electrons. The van der Waals surface area contributed by atoms with Crippen LogP contribution in [-0.2, 0) is 10.4 Å². The van der Waals surface area contributed by atoms with E-state index in [1.54, 1.807) is 0 Å². The average Bonchev–Trinajstić information content (AvgIpc) is 1.97. The molecule has 0 aliphatic carbocycles. The van der Waals surface area contributed by atoms with E-state index in [4.69, 9.17) is 22.6 Å². The van der Waals surface area contributed by atoms with Crippen LogP contribution in [0.1, 0.15) is 34.5 Å². The molecule has 0 rings (SSSR count). The summed E-state index contributed by atoms with van der Waals surface area (Å²) >= 11 is 0. The first-order valence-corrected chi connectivity index (χ1v) is 5.51. The van der Waals surface area contributed by atoms with Gasteiger partial charge in [-0.05, 0) is 12.3 Å². The van der Waals surface area contributed by atoms with Gasteiger partial charge in [-0.25, -0.2) is 0 Å². The second kappa shape index (κ2) is 11.9. The number of aliphatic hydroxyl groups excluding tert-OH is 1. The van der Waals surface area contributed by atoms with Crippen LogP contribution < -0.4 is 29.6 Å². The molecule has 0 saturated carbocycles. The zero-order chi connectivity index (χ0) is 10.9. The number of rotatable bonds is 4. The quantitative estimate of drug-likeness (QED) is 0.399. The van der Waals surface area contributed by atoms with Gasteiger partial charge in [0, 0.05) is 6.61 Å². The van der Waals surface area contributed by atoms with E-state index in [1.165, 1.54) is 19.3 Å². The minimum atomic E-state index is -4.67. The minimum absolute atomic E-state index is 0. The zero-order valence-electron chi connectivity index (χ0n) is 9.97. The maximum atomic E-state index is 8.74. The summed E-state index contributed by atoms with van der Waals surface area (Å²) in [4.78, 5) is 0. The number of unbranched alkanes of at least 4 members (excludes halogenated alkanes) is 1. The fraction of sp³-hybridized carbons (Fsp3) is 1.00.